The Labute approximate surface area is 274 Å². The summed E-state index contributed by atoms with van der Waals surface area (Å²) in [6.07, 6.45) is -1.81. The lowest BCUT2D eigenvalue weighted by Crippen LogP contribution is -2.86. The van der Waals surface area contributed by atoms with Crippen LogP contribution in [0.5, 0.6) is 0 Å². The van der Waals surface area contributed by atoms with Crippen LogP contribution in [0.2, 0.25) is 0 Å². The molecule has 236 valence electrons. The molecular formula is C34H38Br2O8. The minimum atomic E-state index is -2.34. The van der Waals surface area contributed by atoms with Crippen LogP contribution in [0, 0.1) is 16.7 Å². The quantitative estimate of drug-likeness (QED) is 0.276. The Hall–Kier alpha value is -2.37. The van der Waals surface area contributed by atoms with Crippen molar-refractivity contribution in [3.05, 3.63) is 81.3 Å². The fourth-order valence-corrected chi connectivity index (χ4v) is 8.65. The first kappa shape index (κ1) is 33.0. The lowest BCUT2D eigenvalue weighted by molar-refractivity contribution is -0.368. The normalized spacial score (nSPS) is 37.7. The molecule has 2 N–H and O–H groups in total. The Balaban J connectivity index is 1.68. The number of halogens is 2. The summed E-state index contributed by atoms with van der Waals surface area (Å²) < 4.78 is 20.4. The molecule has 5 rings (SSSR count). The number of carbonyl (C=O) groups excluding carboxylic acids is 3. The van der Waals surface area contributed by atoms with Gasteiger partial charge in [0.1, 0.15) is 23.9 Å². The van der Waals surface area contributed by atoms with Gasteiger partial charge in [-0.25, -0.2) is 9.59 Å². The number of carbonyl (C=O) groups is 3. The lowest BCUT2D eigenvalue weighted by atomic mass is 9.39. The van der Waals surface area contributed by atoms with E-state index in [2.05, 4.69) is 38.4 Å². The second kappa shape index (κ2) is 11.2. The highest BCUT2D eigenvalue weighted by Gasteiger charge is 2.81. The summed E-state index contributed by atoms with van der Waals surface area (Å²) >= 11 is 6.74. The molecule has 3 fully saturated rings. The third kappa shape index (κ3) is 4.92. The van der Waals surface area contributed by atoms with Gasteiger partial charge in [-0.05, 0) is 80.6 Å². The van der Waals surface area contributed by atoms with Crippen molar-refractivity contribution in [1.82, 2.24) is 0 Å². The number of ketones is 1. The number of benzene rings is 2. The van der Waals surface area contributed by atoms with E-state index in [4.69, 9.17) is 14.2 Å². The first-order valence-electron chi connectivity index (χ1n) is 14.6. The molecule has 2 aliphatic carbocycles. The summed E-state index contributed by atoms with van der Waals surface area (Å²) in [4.78, 5) is 41.4. The van der Waals surface area contributed by atoms with E-state index in [-0.39, 0.29) is 12.0 Å². The molecule has 0 bridgehead atoms. The van der Waals surface area contributed by atoms with E-state index in [9.17, 15) is 24.6 Å². The molecule has 10 heteroatoms. The summed E-state index contributed by atoms with van der Waals surface area (Å²) in [5, 5.41) is 25.0. The van der Waals surface area contributed by atoms with Gasteiger partial charge in [-0.1, -0.05) is 58.7 Å². The van der Waals surface area contributed by atoms with Gasteiger partial charge < -0.3 is 24.4 Å². The highest BCUT2D eigenvalue weighted by Crippen LogP contribution is 2.67. The van der Waals surface area contributed by atoms with Crippen molar-refractivity contribution in [2.75, 3.05) is 0 Å². The predicted molar refractivity (Wildman–Crippen MR) is 170 cm³/mol. The van der Waals surface area contributed by atoms with Gasteiger partial charge in [0.25, 0.3) is 0 Å². The molecule has 0 aromatic heterocycles. The number of aliphatic hydroxyl groups is 2. The van der Waals surface area contributed by atoms with Crippen molar-refractivity contribution in [3.63, 3.8) is 0 Å². The molecule has 1 aliphatic heterocycles. The van der Waals surface area contributed by atoms with Crippen molar-refractivity contribution < 1.29 is 38.8 Å². The number of esters is 2. The summed E-state index contributed by atoms with van der Waals surface area (Å²) in [5.74, 6) is -2.71. The Morgan fingerprint density at radius 3 is 1.93 bits per heavy atom. The summed E-state index contributed by atoms with van der Waals surface area (Å²) in [7, 11) is 0. The molecule has 8 nitrogen and oxygen atoms in total. The number of Topliss-reactive ketones (excluding diaryl/α,β-unsaturated/α-hetero) is 1. The van der Waals surface area contributed by atoms with Crippen LogP contribution >= 0.6 is 31.9 Å². The van der Waals surface area contributed by atoms with E-state index < -0.39 is 69.6 Å². The van der Waals surface area contributed by atoms with Crippen LogP contribution in [-0.2, 0) is 19.0 Å². The van der Waals surface area contributed by atoms with E-state index in [0.717, 1.165) is 8.95 Å². The van der Waals surface area contributed by atoms with Crippen LogP contribution in [-0.4, -0.2) is 63.0 Å². The summed E-state index contributed by atoms with van der Waals surface area (Å²) in [5.41, 5.74) is -7.22. The topological polar surface area (TPSA) is 119 Å². The minimum Gasteiger partial charge on any atom is -0.458 e. The van der Waals surface area contributed by atoms with Crippen LogP contribution < -0.4 is 0 Å². The van der Waals surface area contributed by atoms with Crippen LogP contribution in [0.25, 0.3) is 0 Å². The van der Waals surface area contributed by atoms with Crippen molar-refractivity contribution in [2.45, 2.75) is 89.0 Å². The summed E-state index contributed by atoms with van der Waals surface area (Å²) in [6, 6.07) is 13.3. The molecule has 2 aromatic carbocycles. The van der Waals surface area contributed by atoms with Crippen molar-refractivity contribution in [1.29, 1.82) is 0 Å². The third-order valence-corrected chi connectivity index (χ3v) is 11.4. The predicted octanol–water partition coefficient (Wildman–Crippen LogP) is 6.20. The van der Waals surface area contributed by atoms with Crippen molar-refractivity contribution in [3.8, 4) is 0 Å². The second-order valence-electron chi connectivity index (χ2n) is 13.5. The maximum Gasteiger partial charge on any atom is 0.338 e. The highest BCUT2D eigenvalue weighted by molar-refractivity contribution is 9.10. The zero-order valence-corrected chi connectivity index (χ0v) is 28.6. The Bertz CT molecular complexity index is 1490. The second-order valence-corrected chi connectivity index (χ2v) is 15.4. The standard InChI is InChI=1S/C34H38Br2O8/c1-7-31(4)18-23(37)34(41)32(5)24(42-28(39)19-8-12-21(35)13-9-19)16-17-30(2,3)26(32)25(27(38)33(34,6)44-31)43-29(40)20-10-14-22(36)15-11-20/h7-15,24-27,38,41H,1,16-18H2,2-6H3/t24-,25-,26-,27-,31-,32-,33+,34-/m0/s1. The molecule has 2 aromatic rings. The van der Waals surface area contributed by atoms with Crippen molar-refractivity contribution in [2.24, 2.45) is 16.7 Å². The monoisotopic (exact) mass is 732 g/mol. The molecule has 0 amide bonds. The molecule has 44 heavy (non-hydrogen) atoms. The number of fused-ring (bicyclic) bond motifs is 3. The molecule has 8 atom stereocenters. The van der Waals surface area contributed by atoms with Crippen LogP contribution in [0.4, 0.5) is 0 Å². The molecule has 1 saturated heterocycles. The Morgan fingerprint density at radius 1 is 0.932 bits per heavy atom. The molecule has 0 radical (unpaired) electrons. The average Bonchev–Trinajstić information content (AvgIpc) is 2.96. The molecule has 0 spiro atoms. The maximum absolute atomic E-state index is 14.3. The van der Waals surface area contributed by atoms with E-state index >= 15 is 0 Å². The molecular weight excluding hydrogens is 696 g/mol. The van der Waals surface area contributed by atoms with E-state index in [1.54, 1.807) is 62.4 Å². The zero-order chi connectivity index (χ0) is 32.5. The molecule has 1 heterocycles. The molecule has 3 aliphatic rings. The minimum absolute atomic E-state index is 0.214. The van der Waals surface area contributed by atoms with E-state index in [1.807, 2.05) is 13.8 Å². The fraction of sp³-hybridized carbons (Fsp3) is 0.500. The zero-order valence-electron chi connectivity index (χ0n) is 25.4. The number of hydrogen-bond acceptors (Lipinski definition) is 8. The first-order valence-corrected chi connectivity index (χ1v) is 16.2. The van der Waals surface area contributed by atoms with Gasteiger partial charge in [-0.15, -0.1) is 6.58 Å². The summed E-state index contributed by atoms with van der Waals surface area (Å²) in [6.45, 7) is 12.5. The number of rotatable bonds is 5. The average molecular weight is 734 g/mol. The molecule has 2 saturated carbocycles. The number of aliphatic hydroxyl groups excluding tert-OH is 1. The number of hydrogen-bond donors (Lipinski definition) is 2. The lowest BCUT2D eigenvalue weighted by Gasteiger charge is -2.71. The van der Waals surface area contributed by atoms with Gasteiger partial charge in [0.2, 0.25) is 0 Å². The van der Waals surface area contributed by atoms with Gasteiger partial charge in [0, 0.05) is 21.3 Å². The smallest absolute Gasteiger partial charge is 0.338 e. The van der Waals surface area contributed by atoms with E-state index in [0.29, 0.717) is 18.4 Å². The van der Waals surface area contributed by atoms with E-state index in [1.165, 1.54) is 13.0 Å². The van der Waals surface area contributed by atoms with Gasteiger partial charge in [-0.3, -0.25) is 4.79 Å². The SMILES string of the molecule is C=C[C@@]1(C)CC(=O)[C@]2(O)[C@@]3(C)[C@@H](OC(=O)c4ccc(Br)cc4)CCC(C)(C)[C@@H]3[C@H](OC(=O)c3ccc(Br)cc3)[C@H](O)[C@@]2(C)O1. The van der Waals surface area contributed by atoms with Crippen LogP contribution in [0.1, 0.15) is 74.6 Å². The molecule has 0 unspecified atom stereocenters. The Morgan fingerprint density at radius 2 is 1.43 bits per heavy atom. The van der Waals surface area contributed by atoms with Gasteiger partial charge in [0.05, 0.1) is 22.1 Å². The Kier molecular flexibility index (Phi) is 8.37. The van der Waals surface area contributed by atoms with Crippen LogP contribution in [0.15, 0.2) is 70.1 Å². The van der Waals surface area contributed by atoms with Crippen molar-refractivity contribution >= 4 is 49.6 Å². The number of ether oxygens (including phenoxy) is 3. The van der Waals surface area contributed by atoms with Crippen LogP contribution in [0.3, 0.4) is 0 Å². The first-order chi connectivity index (χ1) is 20.4. The fourth-order valence-electron chi connectivity index (χ4n) is 8.13. The third-order valence-electron chi connectivity index (χ3n) is 10.4. The van der Waals surface area contributed by atoms with Gasteiger partial charge in [-0.2, -0.15) is 0 Å². The van der Waals surface area contributed by atoms with Gasteiger partial charge in [0.15, 0.2) is 11.4 Å². The maximum atomic E-state index is 14.3. The highest BCUT2D eigenvalue weighted by atomic mass is 79.9. The van der Waals surface area contributed by atoms with Gasteiger partial charge >= 0.3 is 11.9 Å². The largest absolute Gasteiger partial charge is 0.458 e.